The van der Waals surface area contributed by atoms with E-state index in [4.69, 9.17) is 0 Å². The van der Waals surface area contributed by atoms with Crippen molar-refractivity contribution < 1.29 is 14.7 Å². The molecule has 2 fully saturated rings. The molecule has 0 bridgehead atoms. The molecule has 0 heterocycles. The molecular formula is C15H24O3. The normalized spacial score (nSPS) is 45.2. The maximum atomic E-state index is 12.4. The van der Waals surface area contributed by atoms with E-state index < -0.39 is 5.60 Å². The summed E-state index contributed by atoms with van der Waals surface area (Å²) in [6.45, 7) is 7.69. The third-order valence-electron chi connectivity index (χ3n) is 4.97. The number of fused-ring (bicyclic) bond motifs is 1. The third kappa shape index (κ3) is 2.03. The SMILES string of the molecule is CC(C)[C@H]1C(=O)C[C@](C)(O)[C@@H]2CC[C@H](C)C(=O)[C@H]12. The minimum atomic E-state index is -0.997. The van der Waals surface area contributed by atoms with Crippen molar-refractivity contribution in [2.75, 3.05) is 0 Å². The molecule has 0 unspecified atom stereocenters. The average Bonchev–Trinajstić information content (AvgIpc) is 2.22. The highest BCUT2D eigenvalue weighted by atomic mass is 16.3. The minimum Gasteiger partial charge on any atom is -0.389 e. The summed E-state index contributed by atoms with van der Waals surface area (Å²) in [4.78, 5) is 24.7. The lowest BCUT2D eigenvalue weighted by molar-refractivity contribution is -0.163. The van der Waals surface area contributed by atoms with E-state index >= 15 is 0 Å². The molecule has 0 amide bonds. The minimum absolute atomic E-state index is 0.0358. The van der Waals surface area contributed by atoms with Gasteiger partial charge >= 0.3 is 0 Å². The molecule has 0 aromatic rings. The Bertz CT molecular complexity index is 370. The lowest BCUT2D eigenvalue weighted by atomic mass is 9.55. The van der Waals surface area contributed by atoms with E-state index in [1.165, 1.54) is 0 Å². The highest BCUT2D eigenvalue weighted by Crippen LogP contribution is 2.49. The van der Waals surface area contributed by atoms with Gasteiger partial charge in [-0.15, -0.1) is 0 Å². The number of carbonyl (C=O) groups is 2. The standard InChI is InChI=1S/C15H24O3/c1-8(2)12-11(16)7-15(4,18)10-6-5-9(3)14(17)13(10)12/h8-10,12-13,18H,5-7H2,1-4H3/t9-,10+,12-,13-,15-/m0/s1. The quantitative estimate of drug-likeness (QED) is 0.778. The van der Waals surface area contributed by atoms with Crippen molar-refractivity contribution in [3.8, 4) is 0 Å². The Morgan fingerprint density at radius 2 is 1.89 bits per heavy atom. The summed E-state index contributed by atoms with van der Waals surface area (Å²) in [5.74, 6) is -0.0108. The van der Waals surface area contributed by atoms with E-state index in [-0.39, 0.29) is 47.6 Å². The Morgan fingerprint density at radius 1 is 1.28 bits per heavy atom. The van der Waals surface area contributed by atoms with Gasteiger partial charge in [0, 0.05) is 24.2 Å². The zero-order chi connectivity index (χ0) is 13.7. The van der Waals surface area contributed by atoms with Gasteiger partial charge in [0.1, 0.15) is 11.6 Å². The van der Waals surface area contributed by atoms with E-state index in [2.05, 4.69) is 0 Å². The second kappa shape index (κ2) is 4.44. The van der Waals surface area contributed by atoms with E-state index in [0.29, 0.717) is 0 Å². The molecule has 2 aliphatic carbocycles. The van der Waals surface area contributed by atoms with Crippen molar-refractivity contribution >= 4 is 11.6 Å². The first-order valence-corrected chi connectivity index (χ1v) is 7.04. The molecule has 2 saturated carbocycles. The van der Waals surface area contributed by atoms with Gasteiger partial charge in [-0.25, -0.2) is 0 Å². The van der Waals surface area contributed by atoms with Gasteiger partial charge in [0.2, 0.25) is 0 Å². The van der Waals surface area contributed by atoms with E-state index in [0.717, 1.165) is 12.8 Å². The maximum absolute atomic E-state index is 12.4. The van der Waals surface area contributed by atoms with Crippen molar-refractivity contribution in [2.24, 2.45) is 29.6 Å². The molecule has 5 atom stereocenters. The lowest BCUT2D eigenvalue weighted by Gasteiger charge is -2.49. The molecule has 0 aliphatic heterocycles. The van der Waals surface area contributed by atoms with Crippen LogP contribution in [0, 0.1) is 29.6 Å². The molecule has 0 radical (unpaired) electrons. The van der Waals surface area contributed by atoms with Gasteiger partial charge in [-0.3, -0.25) is 9.59 Å². The monoisotopic (exact) mass is 252 g/mol. The Labute approximate surface area is 109 Å². The Hall–Kier alpha value is -0.700. The molecule has 1 N–H and O–H groups in total. The number of rotatable bonds is 1. The summed E-state index contributed by atoms with van der Waals surface area (Å²) >= 11 is 0. The summed E-state index contributed by atoms with van der Waals surface area (Å²) in [6, 6.07) is 0. The molecule has 18 heavy (non-hydrogen) atoms. The van der Waals surface area contributed by atoms with E-state index in [9.17, 15) is 14.7 Å². The Balaban J connectivity index is 2.40. The molecule has 102 valence electrons. The van der Waals surface area contributed by atoms with Crippen LogP contribution in [0.2, 0.25) is 0 Å². The van der Waals surface area contributed by atoms with Crippen LogP contribution in [0.25, 0.3) is 0 Å². The van der Waals surface area contributed by atoms with Crippen molar-refractivity contribution in [2.45, 2.75) is 52.6 Å². The van der Waals surface area contributed by atoms with Crippen molar-refractivity contribution in [3.63, 3.8) is 0 Å². The Kier molecular flexibility index (Phi) is 3.39. The zero-order valence-corrected chi connectivity index (χ0v) is 11.8. The number of hydrogen-bond acceptors (Lipinski definition) is 3. The van der Waals surface area contributed by atoms with Gasteiger partial charge in [0.05, 0.1) is 5.60 Å². The van der Waals surface area contributed by atoms with Gasteiger partial charge in [-0.2, -0.15) is 0 Å². The summed E-state index contributed by atoms with van der Waals surface area (Å²) in [7, 11) is 0. The highest BCUT2D eigenvalue weighted by molar-refractivity contribution is 5.93. The van der Waals surface area contributed by atoms with Crippen molar-refractivity contribution in [1.29, 1.82) is 0 Å². The van der Waals surface area contributed by atoms with Gasteiger partial charge < -0.3 is 5.11 Å². The average molecular weight is 252 g/mol. The maximum Gasteiger partial charge on any atom is 0.139 e. The first kappa shape index (κ1) is 13.7. The number of aliphatic hydroxyl groups is 1. The zero-order valence-electron chi connectivity index (χ0n) is 11.8. The molecule has 0 aromatic heterocycles. The lowest BCUT2D eigenvalue weighted by Crippen LogP contribution is -2.57. The van der Waals surface area contributed by atoms with Crippen molar-refractivity contribution in [1.82, 2.24) is 0 Å². The predicted molar refractivity (Wildman–Crippen MR) is 69.0 cm³/mol. The topological polar surface area (TPSA) is 54.4 Å². The second-order valence-electron chi connectivity index (χ2n) is 6.78. The smallest absolute Gasteiger partial charge is 0.139 e. The summed E-state index contributed by atoms with van der Waals surface area (Å²) in [6.07, 6.45) is 1.91. The van der Waals surface area contributed by atoms with Crippen molar-refractivity contribution in [3.05, 3.63) is 0 Å². The van der Waals surface area contributed by atoms with Crippen LogP contribution >= 0.6 is 0 Å². The molecule has 0 saturated heterocycles. The molecule has 2 rings (SSSR count). The van der Waals surface area contributed by atoms with Crippen LogP contribution in [0.1, 0.15) is 47.0 Å². The molecule has 0 aromatic carbocycles. The Morgan fingerprint density at radius 3 is 2.44 bits per heavy atom. The fourth-order valence-electron chi connectivity index (χ4n) is 3.99. The molecule has 0 spiro atoms. The molecule has 3 heteroatoms. The van der Waals surface area contributed by atoms with Crippen LogP contribution in [0.5, 0.6) is 0 Å². The first-order chi connectivity index (χ1) is 8.25. The van der Waals surface area contributed by atoms with E-state index in [1.807, 2.05) is 20.8 Å². The number of ketones is 2. The van der Waals surface area contributed by atoms with Crippen LogP contribution in [0.3, 0.4) is 0 Å². The molecule has 3 nitrogen and oxygen atoms in total. The summed E-state index contributed by atoms with van der Waals surface area (Å²) in [5, 5.41) is 10.5. The first-order valence-electron chi connectivity index (χ1n) is 7.04. The molecule has 2 aliphatic rings. The van der Waals surface area contributed by atoms with Crippen LogP contribution in [-0.4, -0.2) is 22.3 Å². The summed E-state index contributed by atoms with van der Waals surface area (Å²) in [5.41, 5.74) is -0.997. The van der Waals surface area contributed by atoms with E-state index in [1.54, 1.807) is 6.92 Å². The number of hydrogen-bond donors (Lipinski definition) is 1. The van der Waals surface area contributed by atoms with Gasteiger partial charge in [0.15, 0.2) is 0 Å². The molecular weight excluding hydrogens is 228 g/mol. The predicted octanol–water partition coefficient (Wildman–Crippen LogP) is 2.21. The third-order valence-corrected chi connectivity index (χ3v) is 4.97. The summed E-state index contributed by atoms with van der Waals surface area (Å²) < 4.78 is 0. The number of Topliss-reactive ketones (excluding diaryl/α,β-unsaturated/α-hetero) is 2. The fourth-order valence-corrected chi connectivity index (χ4v) is 3.99. The fraction of sp³-hybridized carbons (Fsp3) is 0.867. The highest BCUT2D eigenvalue weighted by Gasteiger charge is 2.55. The second-order valence-corrected chi connectivity index (χ2v) is 6.78. The van der Waals surface area contributed by atoms with Gasteiger partial charge in [0.25, 0.3) is 0 Å². The van der Waals surface area contributed by atoms with Gasteiger partial charge in [-0.05, 0) is 31.6 Å². The number of carbonyl (C=O) groups excluding carboxylic acids is 2. The van der Waals surface area contributed by atoms with Crippen LogP contribution in [-0.2, 0) is 9.59 Å². The largest absolute Gasteiger partial charge is 0.389 e. The van der Waals surface area contributed by atoms with Gasteiger partial charge in [-0.1, -0.05) is 20.8 Å². The van der Waals surface area contributed by atoms with Crippen LogP contribution in [0.4, 0.5) is 0 Å². The van der Waals surface area contributed by atoms with Crippen LogP contribution in [0.15, 0.2) is 0 Å². The van der Waals surface area contributed by atoms with Crippen LogP contribution < -0.4 is 0 Å².